The van der Waals surface area contributed by atoms with E-state index in [4.69, 9.17) is 17.0 Å². The zero-order chi connectivity index (χ0) is 20.1. The monoisotopic (exact) mass is 431 g/mol. The Morgan fingerprint density at radius 2 is 1.89 bits per heavy atom. The first-order valence-electron chi connectivity index (χ1n) is 8.85. The van der Waals surface area contributed by atoms with Crippen LogP contribution in [0.25, 0.3) is 11.1 Å². The highest BCUT2D eigenvalue weighted by atomic mass is 32.9. The van der Waals surface area contributed by atoms with Gasteiger partial charge in [-0.15, -0.1) is 0 Å². The number of amides is 1. The van der Waals surface area contributed by atoms with Crippen molar-refractivity contribution in [3.05, 3.63) is 62.5 Å². The summed E-state index contributed by atoms with van der Waals surface area (Å²) in [5.74, 6) is 0.200. The minimum Gasteiger partial charge on any atom is -0.494 e. The van der Waals surface area contributed by atoms with Crippen molar-refractivity contribution in [2.75, 3.05) is 11.5 Å². The van der Waals surface area contributed by atoms with Crippen molar-refractivity contribution in [3.63, 3.8) is 0 Å². The third-order valence-electron chi connectivity index (χ3n) is 4.83. The number of benzene rings is 2. The Kier molecular flexibility index (Phi) is 4.85. The van der Waals surface area contributed by atoms with E-state index in [2.05, 4.69) is 0 Å². The molecule has 28 heavy (non-hydrogen) atoms. The minimum atomic E-state index is -0.584. The van der Waals surface area contributed by atoms with E-state index in [1.54, 1.807) is 25.6 Å². The van der Waals surface area contributed by atoms with E-state index < -0.39 is 5.54 Å². The number of halogens is 1. The van der Waals surface area contributed by atoms with Gasteiger partial charge in [0.1, 0.15) is 15.4 Å². The smallest absolute Gasteiger partial charge is 0.259 e. The number of nitrogens with zero attached hydrogens (tertiary/aromatic N) is 1. The van der Waals surface area contributed by atoms with Crippen LogP contribution in [-0.4, -0.2) is 12.5 Å². The Bertz CT molecular complexity index is 1120. The molecule has 0 unspecified atom stereocenters. The predicted octanol–water partition coefficient (Wildman–Crippen LogP) is 6.64. The average molecular weight is 432 g/mol. The number of hydrogen-bond acceptors (Lipinski definition) is 5. The van der Waals surface area contributed by atoms with Crippen LogP contribution in [0.3, 0.4) is 0 Å². The van der Waals surface area contributed by atoms with Gasteiger partial charge in [-0.1, -0.05) is 32.9 Å². The molecule has 1 aliphatic heterocycles. The maximum absolute atomic E-state index is 13.5. The molecule has 0 spiro atoms. The van der Waals surface area contributed by atoms with E-state index in [1.807, 2.05) is 39.0 Å². The van der Waals surface area contributed by atoms with Gasteiger partial charge in [-0.3, -0.25) is 9.69 Å². The summed E-state index contributed by atoms with van der Waals surface area (Å²) >= 11 is 5.61. The Balaban J connectivity index is 1.94. The number of carbonyl (C=O) groups is 1. The van der Waals surface area contributed by atoms with Crippen molar-refractivity contribution >= 4 is 44.5 Å². The van der Waals surface area contributed by atoms with E-state index in [9.17, 15) is 9.18 Å². The largest absolute Gasteiger partial charge is 0.494 e. The second kappa shape index (κ2) is 7.06. The molecular weight excluding hydrogens is 413 g/mol. The molecule has 0 radical (unpaired) electrons. The molecule has 2 heterocycles. The summed E-state index contributed by atoms with van der Waals surface area (Å²) in [6.45, 7) is 6.53. The third-order valence-corrected chi connectivity index (χ3v) is 8.16. The lowest BCUT2D eigenvalue weighted by Crippen LogP contribution is -2.47. The fourth-order valence-corrected chi connectivity index (χ4v) is 6.83. The van der Waals surface area contributed by atoms with Crippen molar-refractivity contribution in [1.29, 1.82) is 0 Å². The van der Waals surface area contributed by atoms with Crippen LogP contribution in [-0.2, 0) is 5.54 Å². The molecule has 0 atom stereocenters. The van der Waals surface area contributed by atoms with Gasteiger partial charge >= 0.3 is 0 Å². The van der Waals surface area contributed by atoms with Crippen molar-refractivity contribution in [3.8, 4) is 16.9 Å². The van der Waals surface area contributed by atoms with Gasteiger partial charge in [0.15, 0.2) is 0 Å². The molecule has 0 N–H and O–H groups in total. The minimum absolute atomic E-state index is 0.176. The highest BCUT2D eigenvalue weighted by molar-refractivity contribution is 7.80. The molecule has 2 aromatic carbocycles. The molecule has 0 saturated carbocycles. The highest BCUT2D eigenvalue weighted by Crippen LogP contribution is 2.53. The maximum Gasteiger partial charge on any atom is 0.259 e. The zero-order valence-electron chi connectivity index (χ0n) is 15.6. The number of fused-ring (bicyclic) bond motifs is 3. The maximum atomic E-state index is 13.5. The van der Waals surface area contributed by atoms with Gasteiger partial charge in [-0.25, -0.2) is 4.39 Å². The summed E-state index contributed by atoms with van der Waals surface area (Å²) < 4.78 is 19.8. The molecule has 1 aliphatic rings. The first-order chi connectivity index (χ1) is 13.3. The Labute approximate surface area is 175 Å². The van der Waals surface area contributed by atoms with E-state index in [1.165, 1.54) is 24.3 Å². The second-order valence-corrected chi connectivity index (χ2v) is 9.79. The highest BCUT2D eigenvalue weighted by Gasteiger charge is 2.43. The quantitative estimate of drug-likeness (QED) is 0.344. The topological polar surface area (TPSA) is 29.5 Å². The van der Waals surface area contributed by atoms with Crippen LogP contribution in [0, 0.1) is 9.64 Å². The lowest BCUT2D eigenvalue weighted by atomic mass is 9.86. The van der Waals surface area contributed by atoms with Gasteiger partial charge in [0.2, 0.25) is 0 Å². The summed E-state index contributed by atoms with van der Waals surface area (Å²) in [5, 5.41) is 0. The van der Waals surface area contributed by atoms with E-state index >= 15 is 0 Å². The average Bonchev–Trinajstić information content (AvgIpc) is 3.06. The predicted molar refractivity (Wildman–Crippen MR) is 116 cm³/mol. The number of hydrogen-bond donors (Lipinski definition) is 0. The van der Waals surface area contributed by atoms with E-state index in [0.717, 1.165) is 31.3 Å². The summed E-state index contributed by atoms with van der Waals surface area (Å²) in [6, 6.07) is 11.4. The number of ether oxygens (including phenoxy) is 1. The molecule has 0 aliphatic carbocycles. The lowest BCUT2D eigenvalue weighted by Gasteiger charge is -2.43. The van der Waals surface area contributed by atoms with Gasteiger partial charge < -0.3 is 4.74 Å². The molecule has 144 valence electrons. The van der Waals surface area contributed by atoms with Crippen LogP contribution in [0.2, 0.25) is 0 Å². The number of anilines is 1. The molecule has 1 amide bonds. The van der Waals surface area contributed by atoms with Crippen LogP contribution in [0.15, 0.2) is 42.5 Å². The normalized spacial score (nSPS) is 14.4. The molecule has 0 fully saturated rings. The van der Waals surface area contributed by atoms with Crippen LogP contribution >= 0.6 is 32.9 Å². The summed E-state index contributed by atoms with van der Waals surface area (Å²) in [6.07, 6.45) is 0. The van der Waals surface area contributed by atoms with E-state index in [0.29, 0.717) is 12.2 Å². The van der Waals surface area contributed by atoms with Crippen LogP contribution < -0.4 is 9.64 Å². The lowest BCUT2D eigenvalue weighted by molar-refractivity contribution is 0.0961. The fraction of sp³-hybridized carbons (Fsp3) is 0.238. The van der Waals surface area contributed by atoms with Crippen molar-refractivity contribution in [1.82, 2.24) is 0 Å². The van der Waals surface area contributed by atoms with Crippen LogP contribution in [0.4, 0.5) is 10.1 Å². The molecule has 3 nitrogen and oxygen atoms in total. The van der Waals surface area contributed by atoms with Crippen molar-refractivity contribution in [2.45, 2.75) is 26.3 Å². The summed E-state index contributed by atoms with van der Waals surface area (Å²) in [7, 11) is 3.15. The molecular formula is C21H18FNO2S3. The molecule has 3 aromatic rings. The standard InChI is InChI=1S/C21H18FNO2S3/c1-4-25-14-9-10-16-15(11-14)17-18(27-28-20(17)26)21(2,3)23(16)19(24)12-5-7-13(22)8-6-12/h5-11H,4H2,1-3H3. The van der Waals surface area contributed by atoms with Gasteiger partial charge in [-0.05, 0) is 63.2 Å². The van der Waals surface area contributed by atoms with Gasteiger partial charge in [0.25, 0.3) is 5.91 Å². The zero-order valence-corrected chi connectivity index (χ0v) is 18.1. The van der Waals surface area contributed by atoms with Crippen LogP contribution in [0.5, 0.6) is 5.75 Å². The van der Waals surface area contributed by atoms with Gasteiger partial charge in [-0.2, -0.15) is 0 Å². The number of rotatable bonds is 3. The fourth-order valence-electron chi connectivity index (χ4n) is 3.55. The van der Waals surface area contributed by atoms with Crippen LogP contribution in [0.1, 0.15) is 36.0 Å². The molecule has 0 saturated heterocycles. The third kappa shape index (κ3) is 2.98. The molecule has 4 rings (SSSR count). The Hall–Kier alpha value is -2.09. The Morgan fingerprint density at radius 1 is 1.18 bits per heavy atom. The van der Waals surface area contributed by atoms with Crippen molar-refractivity contribution < 1.29 is 13.9 Å². The molecule has 7 heteroatoms. The molecule has 0 bridgehead atoms. The molecule has 1 aromatic heterocycles. The van der Waals surface area contributed by atoms with Crippen molar-refractivity contribution in [2.24, 2.45) is 0 Å². The first kappa shape index (κ1) is 19.2. The van der Waals surface area contributed by atoms with E-state index in [-0.39, 0.29) is 11.7 Å². The first-order valence-corrected chi connectivity index (χ1v) is 11.4. The van der Waals surface area contributed by atoms with Gasteiger partial charge in [0.05, 0.1) is 22.7 Å². The summed E-state index contributed by atoms with van der Waals surface area (Å²) in [4.78, 5) is 16.3. The Morgan fingerprint density at radius 3 is 2.57 bits per heavy atom. The van der Waals surface area contributed by atoms with Gasteiger partial charge in [0, 0.05) is 16.7 Å². The SMILES string of the molecule is CCOc1ccc2c(c1)-c1c(ssc1=S)C(C)(C)N2C(=O)c1ccc(F)cc1. The second-order valence-electron chi connectivity index (χ2n) is 6.98. The number of carbonyl (C=O) groups excluding carboxylic acids is 1. The summed E-state index contributed by atoms with van der Waals surface area (Å²) in [5.41, 5.74) is 2.55.